The fourth-order valence-corrected chi connectivity index (χ4v) is 12.0. The lowest BCUT2D eigenvalue weighted by Gasteiger charge is -2.62. The molecule has 4 heterocycles. The zero-order valence-electron chi connectivity index (χ0n) is 29.9. The van der Waals surface area contributed by atoms with Crippen molar-refractivity contribution in [3.05, 3.63) is 71.4 Å². The van der Waals surface area contributed by atoms with Crippen molar-refractivity contribution in [1.82, 2.24) is 0 Å². The van der Waals surface area contributed by atoms with E-state index in [4.69, 9.17) is 18.6 Å². The van der Waals surface area contributed by atoms with Gasteiger partial charge in [-0.15, -0.1) is 0 Å². The van der Waals surface area contributed by atoms with Crippen molar-refractivity contribution in [3.63, 3.8) is 0 Å². The summed E-state index contributed by atoms with van der Waals surface area (Å²) in [7, 11) is 0. The third-order valence-corrected chi connectivity index (χ3v) is 14.7. The Balaban J connectivity index is 0.000000165. The number of allylic oxidation sites excluding steroid dienone is 6. The molecule has 262 valence electrons. The average Bonchev–Trinajstić information content (AvgIpc) is 3.75. The molecule has 1 aromatic rings. The second-order valence-electron chi connectivity index (χ2n) is 17.5. The van der Waals surface area contributed by atoms with Crippen LogP contribution in [0.3, 0.4) is 0 Å². The number of hydrogen-bond acceptors (Lipinski definition) is 8. The van der Waals surface area contributed by atoms with Crippen LogP contribution < -0.4 is 0 Å². The van der Waals surface area contributed by atoms with Gasteiger partial charge in [-0.05, 0) is 115 Å². The van der Waals surface area contributed by atoms with Gasteiger partial charge in [0.15, 0.2) is 11.5 Å². The summed E-state index contributed by atoms with van der Waals surface area (Å²) in [6.07, 6.45) is 16.0. The second kappa shape index (κ2) is 10.2. The number of rotatable bonds is 1. The van der Waals surface area contributed by atoms with Crippen LogP contribution in [0.1, 0.15) is 105 Å². The Morgan fingerprint density at radius 3 is 2.47 bits per heavy atom. The number of epoxide rings is 2. The molecule has 0 amide bonds. The number of furan rings is 1. The Morgan fingerprint density at radius 1 is 1.00 bits per heavy atom. The molecule has 11 atom stereocenters. The van der Waals surface area contributed by atoms with E-state index in [-0.39, 0.29) is 70.4 Å². The molecule has 2 saturated carbocycles. The van der Waals surface area contributed by atoms with Crippen molar-refractivity contribution < 1.29 is 38.1 Å². The number of carbonyl (C=O) groups is 3. The summed E-state index contributed by atoms with van der Waals surface area (Å²) < 4.78 is 23.2. The molecular formula is C41H50O8. The quantitative estimate of drug-likeness (QED) is 0.140. The summed E-state index contributed by atoms with van der Waals surface area (Å²) >= 11 is 0. The number of hydrogen-bond donors (Lipinski definition) is 1. The Hall–Kier alpha value is -3.23. The molecule has 49 heavy (non-hydrogen) atoms. The van der Waals surface area contributed by atoms with E-state index in [1.165, 1.54) is 11.1 Å². The third kappa shape index (κ3) is 4.07. The molecule has 8 heteroatoms. The number of carbonyl (C=O) groups excluding carboxylic acids is 3. The molecule has 3 aliphatic heterocycles. The summed E-state index contributed by atoms with van der Waals surface area (Å²) in [4.78, 5) is 38.4. The topological polar surface area (TPSA) is 119 Å². The van der Waals surface area contributed by atoms with Crippen molar-refractivity contribution in [3.8, 4) is 0 Å². The molecule has 1 N–H and O–H groups in total. The fraction of sp³-hybridized carbons (Fsp3) is 0.634. The van der Waals surface area contributed by atoms with Crippen molar-refractivity contribution >= 4 is 17.5 Å². The first-order valence-corrected chi connectivity index (χ1v) is 18.1. The lowest BCUT2D eigenvalue weighted by atomic mass is 9.39. The molecule has 3 saturated heterocycles. The number of aliphatic hydroxyl groups excluding tert-OH is 1. The standard InChI is InChI=1S/C26H30O5.C15H20O3/c1-22(2)17(27)7-9-23(3)16-6-10-24(4)15(14-8-11-30-13-14)12-18-26(24,31-18)25(16,5)21(29)19(28)20(22)23;1-9-5-4-8-15(3)13(18-15)12-11(7-6-9)10(2)14(16)17-12/h7-9,11,13,15-16,18,28H,6,10,12H2,1-5H3;5,11-13H,2,4,6-8H2,1,3H3. The van der Waals surface area contributed by atoms with E-state index in [0.717, 1.165) is 44.9 Å². The van der Waals surface area contributed by atoms with Crippen molar-refractivity contribution in [2.45, 2.75) is 129 Å². The minimum absolute atomic E-state index is 0.00527. The predicted molar refractivity (Wildman–Crippen MR) is 181 cm³/mol. The second-order valence-corrected chi connectivity index (χ2v) is 17.5. The van der Waals surface area contributed by atoms with Gasteiger partial charge in [-0.1, -0.05) is 38.2 Å². The van der Waals surface area contributed by atoms with Crippen molar-refractivity contribution in [1.29, 1.82) is 0 Å². The van der Waals surface area contributed by atoms with Gasteiger partial charge in [-0.2, -0.15) is 0 Å². The third-order valence-electron chi connectivity index (χ3n) is 14.7. The lowest BCUT2D eigenvalue weighted by molar-refractivity contribution is -0.162. The van der Waals surface area contributed by atoms with E-state index in [0.29, 0.717) is 11.1 Å². The Kier molecular flexibility index (Phi) is 6.85. The van der Waals surface area contributed by atoms with Gasteiger partial charge in [0.2, 0.25) is 5.78 Å². The molecule has 0 bridgehead atoms. The van der Waals surface area contributed by atoms with Crippen LogP contribution in [-0.4, -0.2) is 52.2 Å². The molecule has 11 unspecified atom stereocenters. The number of ether oxygens (including phenoxy) is 3. The monoisotopic (exact) mass is 670 g/mol. The number of Topliss-reactive ketones (excluding diaryl/α,β-unsaturated/α-hetero) is 1. The highest BCUT2D eigenvalue weighted by Crippen LogP contribution is 2.81. The predicted octanol–water partition coefficient (Wildman–Crippen LogP) is 7.66. The number of ketones is 2. The molecule has 5 fully saturated rings. The van der Waals surface area contributed by atoms with Crippen molar-refractivity contribution in [2.75, 3.05) is 0 Å². The van der Waals surface area contributed by atoms with E-state index < -0.39 is 21.8 Å². The molecular weight excluding hydrogens is 620 g/mol. The molecule has 0 aromatic carbocycles. The highest BCUT2D eigenvalue weighted by molar-refractivity contribution is 6.06. The molecule has 1 aromatic heterocycles. The molecule has 8 nitrogen and oxygen atoms in total. The molecule has 9 rings (SSSR count). The van der Waals surface area contributed by atoms with Gasteiger partial charge in [-0.3, -0.25) is 9.59 Å². The van der Waals surface area contributed by atoms with Crippen LogP contribution in [0.4, 0.5) is 0 Å². The van der Waals surface area contributed by atoms with Crippen LogP contribution in [0.15, 0.2) is 70.3 Å². The van der Waals surface area contributed by atoms with E-state index >= 15 is 0 Å². The molecule has 1 spiro atoms. The summed E-state index contributed by atoms with van der Waals surface area (Å²) in [6, 6.07) is 2.03. The van der Waals surface area contributed by atoms with Crippen LogP contribution in [0.5, 0.6) is 0 Å². The van der Waals surface area contributed by atoms with Crippen LogP contribution >= 0.6 is 0 Å². The normalized spacial score (nSPS) is 47.3. The van der Waals surface area contributed by atoms with Gasteiger partial charge in [-0.25, -0.2) is 4.79 Å². The van der Waals surface area contributed by atoms with Gasteiger partial charge in [0.1, 0.15) is 17.8 Å². The van der Waals surface area contributed by atoms with E-state index in [2.05, 4.69) is 40.3 Å². The highest BCUT2D eigenvalue weighted by Gasteiger charge is 2.87. The SMILES string of the molecule is C=C1C(=O)OC2C1CCC(C)=CCCC1(C)OC21.CC1(C)C(=O)C=CC2(C)C1=C(O)C(=O)C1(C)C2CCC2(C)C(c3ccoc3)CC3OC321. The summed E-state index contributed by atoms with van der Waals surface area (Å²) in [5.41, 5.74) is 0.514. The minimum Gasteiger partial charge on any atom is -0.504 e. The van der Waals surface area contributed by atoms with Gasteiger partial charge in [0.05, 0.1) is 35.1 Å². The van der Waals surface area contributed by atoms with Gasteiger partial charge >= 0.3 is 5.97 Å². The Labute approximate surface area is 289 Å². The van der Waals surface area contributed by atoms with Gasteiger partial charge in [0, 0.05) is 22.3 Å². The molecule has 5 aliphatic carbocycles. The minimum atomic E-state index is -0.901. The van der Waals surface area contributed by atoms with E-state index in [1.54, 1.807) is 12.3 Å². The zero-order chi connectivity index (χ0) is 35.1. The zero-order valence-corrected chi connectivity index (χ0v) is 29.9. The van der Waals surface area contributed by atoms with Gasteiger partial charge in [0.25, 0.3) is 0 Å². The first-order valence-electron chi connectivity index (χ1n) is 18.1. The largest absolute Gasteiger partial charge is 0.504 e. The smallest absolute Gasteiger partial charge is 0.334 e. The van der Waals surface area contributed by atoms with Crippen LogP contribution in [0.2, 0.25) is 0 Å². The number of aliphatic hydroxyl groups is 1. The number of fused-ring (bicyclic) bond motifs is 6. The summed E-state index contributed by atoms with van der Waals surface area (Å²) in [6.45, 7) is 18.2. The van der Waals surface area contributed by atoms with Gasteiger partial charge < -0.3 is 23.7 Å². The Morgan fingerprint density at radius 2 is 1.76 bits per heavy atom. The molecule has 8 aliphatic rings. The maximum Gasteiger partial charge on any atom is 0.334 e. The molecule has 0 radical (unpaired) electrons. The highest BCUT2D eigenvalue weighted by atomic mass is 16.6. The number of esters is 1. The summed E-state index contributed by atoms with van der Waals surface area (Å²) in [5, 5.41) is 11.4. The maximum absolute atomic E-state index is 14.0. The van der Waals surface area contributed by atoms with Crippen LogP contribution in [0.25, 0.3) is 0 Å². The first-order chi connectivity index (χ1) is 23.0. The van der Waals surface area contributed by atoms with Crippen molar-refractivity contribution in [2.24, 2.45) is 33.5 Å². The maximum atomic E-state index is 14.0. The fourth-order valence-electron chi connectivity index (χ4n) is 12.0. The Bertz CT molecular complexity index is 1760. The first kappa shape index (κ1) is 32.9. The van der Waals surface area contributed by atoms with E-state index in [9.17, 15) is 19.5 Å². The summed E-state index contributed by atoms with van der Waals surface area (Å²) in [5.74, 6) is -0.414. The van der Waals surface area contributed by atoms with Crippen LogP contribution in [-0.2, 0) is 28.6 Å². The average molecular weight is 671 g/mol. The lowest BCUT2D eigenvalue weighted by Crippen LogP contribution is -2.66. The van der Waals surface area contributed by atoms with Crippen LogP contribution in [0, 0.1) is 33.5 Å². The van der Waals surface area contributed by atoms with E-state index in [1.807, 2.05) is 39.2 Å².